The SMILES string of the molecule is CCN1CCN(C2=CC(=O)CC(C)C2)CC1. The van der Waals surface area contributed by atoms with Crippen molar-refractivity contribution >= 4 is 5.78 Å². The smallest absolute Gasteiger partial charge is 0.157 e. The van der Waals surface area contributed by atoms with Crippen molar-refractivity contribution in [3.05, 3.63) is 11.8 Å². The van der Waals surface area contributed by atoms with E-state index in [2.05, 4.69) is 23.6 Å². The lowest BCUT2D eigenvalue weighted by atomic mass is 9.92. The topological polar surface area (TPSA) is 23.6 Å². The Kier molecular flexibility index (Phi) is 3.64. The molecule has 0 aromatic rings. The molecule has 0 saturated carbocycles. The largest absolute Gasteiger partial charge is 0.372 e. The molecule has 90 valence electrons. The molecule has 0 bridgehead atoms. The minimum absolute atomic E-state index is 0.312. The van der Waals surface area contributed by atoms with Crippen LogP contribution in [-0.2, 0) is 4.79 Å². The van der Waals surface area contributed by atoms with Crippen molar-refractivity contribution < 1.29 is 4.79 Å². The van der Waals surface area contributed by atoms with E-state index in [0.717, 1.165) is 45.6 Å². The molecule has 0 amide bonds. The average molecular weight is 222 g/mol. The van der Waals surface area contributed by atoms with Gasteiger partial charge in [0, 0.05) is 44.4 Å². The third-order valence-corrected chi connectivity index (χ3v) is 3.66. The van der Waals surface area contributed by atoms with Gasteiger partial charge in [-0.2, -0.15) is 0 Å². The van der Waals surface area contributed by atoms with Crippen LogP contribution in [0, 0.1) is 5.92 Å². The number of hydrogen-bond donors (Lipinski definition) is 0. The van der Waals surface area contributed by atoms with Crippen LogP contribution in [0.4, 0.5) is 0 Å². The van der Waals surface area contributed by atoms with Crippen molar-refractivity contribution in [2.45, 2.75) is 26.7 Å². The fourth-order valence-corrected chi connectivity index (χ4v) is 2.65. The summed E-state index contributed by atoms with van der Waals surface area (Å²) in [6.07, 6.45) is 3.69. The highest BCUT2D eigenvalue weighted by Gasteiger charge is 2.23. The summed E-state index contributed by atoms with van der Waals surface area (Å²) in [5.41, 5.74) is 1.28. The first-order valence-electron chi connectivity index (χ1n) is 6.39. The molecular formula is C13H22N2O. The van der Waals surface area contributed by atoms with E-state index in [1.54, 1.807) is 0 Å². The molecular weight excluding hydrogens is 200 g/mol. The fraction of sp³-hybridized carbons (Fsp3) is 0.769. The van der Waals surface area contributed by atoms with Gasteiger partial charge in [0.2, 0.25) is 0 Å². The summed E-state index contributed by atoms with van der Waals surface area (Å²) >= 11 is 0. The zero-order chi connectivity index (χ0) is 11.5. The minimum atomic E-state index is 0.312. The molecule has 1 aliphatic heterocycles. The van der Waals surface area contributed by atoms with Crippen molar-refractivity contribution in [2.24, 2.45) is 5.92 Å². The first-order valence-corrected chi connectivity index (χ1v) is 6.39. The Balaban J connectivity index is 1.96. The monoisotopic (exact) mass is 222 g/mol. The number of allylic oxidation sites excluding steroid dienone is 2. The summed E-state index contributed by atoms with van der Waals surface area (Å²) < 4.78 is 0. The van der Waals surface area contributed by atoms with Crippen molar-refractivity contribution in [2.75, 3.05) is 32.7 Å². The zero-order valence-corrected chi connectivity index (χ0v) is 10.4. The van der Waals surface area contributed by atoms with Gasteiger partial charge in [0.15, 0.2) is 5.78 Å². The molecule has 1 atom stereocenters. The van der Waals surface area contributed by atoms with Gasteiger partial charge in [-0.1, -0.05) is 13.8 Å². The fourth-order valence-electron chi connectivity index (χ4n) is 2.65. The van der Waals surface area contributed by atoms with Gasteiger partial charge < -0.3 is 9.80 Å². The molecule has 0 aromatic heterocycles. The molecule has 0 spiro atoms. The molecule has 0 N–H and O–H groups in total. The van der Waals surface area contributed by atoms with E-state index in [0.29, 0.717) is 11.7 Å². The van der Waals surface area contributed by atoms with E-state index in [4.69, 9.17) is 0 Å². The number of nitrogens with zero attached hydrogens (tertiary/aromatic N) is 2. The van der Waals surface area contributed by atoms with Crippen LogP contribution in [0.25, 0.3) is 0 Å². The number of likely N-dealkylation sites (N-methyl/N-ethyl adjacent to an activating group) is 1. The van der Waals surface area contributed by atoms with Crippen LogP contribution in [0.2, 0.25) is 0 Å². The molecule has 0 radical (unpaired) electrons. The van der Waals surface area contributed by atoms with Gasteiger partial charge in [-0.15, -0.1) is 0 Å². The zero-order valence-electron chi connectivity index (χ0n) is 10.4. The highest BCUT2D eigenvalue weighted by Crippen LogP contribution is 2.24. The van der Waals surface area contributed by atoms with Gasteiger partial charge in [0.25, 0.3) is 0 Å². The van der Waals surface area contributed by atoms with Crippen LogP contribution in [0.15, 0.2) is 11.8 Å². The Bertz CT molecular complexity index is 290. The minimum Gasteiger partial charge on any atom is -0.372 e. The average Bonchev–Trinajstić information content (AvgIpc) is 2.28. The van der Waals surface area contributed by atoms with Crippen molar-refractivity contribution in [1.82, 2.24) is 9.80 Å². The summed E-state index contributed by atoms with van der Waals surface area (Å²) in [6, 6.07) is 0. The number of carbonyl (C=O) groups is 1. The van der Waals surface area contributed by atoms with Crippen LogP contribution in [0.5, 0.6) is 0 Å². The molecule has 0 aromatic carbocycles. The molecule has 1 saturated heterocycles. The maximum Gasteiger partial charge on any atom is 0.157 e. The normalized spacial score (nSPS) is 28.1. The summed E-state index contributed by atoms with van der Waals surface area (Å²) in [6.45, 7) is 9.96. The summed E-state index contributed by atoms with van der Waals surface area (Å²) in [7, 11) is 0. The Morgan fingerprint density at radius 3 is 2.50 bits per heavy atom. The lowest BCUT2D eigenvalue weighted by Crippen LogP contribution is -2.46. The maximum atomic E-state index is 11.5. The van der Waals surface area contributed by atoms with Crippen molar-refractivity contribution in [3.63, 3.8) is 0 Å². The molecule has 2 aliphatic rings. The van der Waals surface area contributed by atoms with Crippen molar-refractivity contribution in [1.29, 1.82) is 0 Å². The van der Waals surface area contributed by atoms with Crippen LogP contribution in [0.3, 0.4) is 0 Å². The highest BCUT2D eigenvalue weighted by molar-refractivity contribution is 5.91. The molecule has 3 heteroatoms. The standard InChI is InChI=1S/C13H22N2O/c1-3-14-4-6-15(7-5-14)12-8-11(2)9-13(16)10-12/h10-11H,3-9H2,1-2H3. The van der Waals surface area contributed by atoms with Gasteiger partial charge >= 0.3 is 0 Å². The second-order valence-corrected chi connectivity index (χ2v) is 5.04. The Morgan fingerprint density at radius 1 is 1.25 bits per heavy atom. The molecule has 1 unspecified atom stereocenters. The van der Waals surface area contributed by atoms with E-state index in [9.17, 15) is 4.79 Å². The van der Waals surface area contributed by atoms with Gasteiger partial charge in [0.05, 0.1) is 0 Å². The number of rotatable bonds is 2. The summed E-state index contributed by atoms with van der Waals surface area (Å²) in [5, 5.41) is 0. The predicted molar refractivity (Wildman–Crippen MR) is 65.2 cm³/mol. The molecule has 1 heterocycles. The Morgan fingerprint density at radius 2 is 1.94 bits per heavy atom. The third-order valence-electron chi connectivity index (χ3n) is 3.66. The summed E-state index contributed by atoms with van der Waals surface area (Å²) in [5.74, 6) is 0.836. The summed E-state index contributed by atoms with van der Waals surface area (Å²) in [4.78, 5) is 16.4. The molecule has 1 aliphatic carbocycles. The lowest BCUT2D eigenvalue weighted by Gasteiger charge is -2.38. The third kappa shape index (κ3) is 2.64. The molecule has 1 fully saturated rings. The number of ketones is 1. The van der Waals surface area contributed by atoms with Crippen LogP contribution < -0.4 is 0 Å². The van der Waals surface area contributed by atoms with E-state index >= 15 is 0 Å². The second kappa shape index (κ2) is 5.00. The van der Waals surface area contributed by atoms with E-state index in [-0.39, 0.29) is 0 Å². The van der Waals surface area contributed by atoms with Crippen LogP contribution >= 0.6 is 0 Å². The van der Waals surface area contributed by atoms with E-state index in [1.165, 1.54) is 5.70 Å². The maximum absolute atomic E-state index is 11.5. The van der Waals surface area contributed by atoms with Gasteiger partial charge in [-0.05, 0) is 18.9 Å². The van der Waals surface area contributed by atoms with Crippen LogP contribution in [-0.4, -0.2) is 48.3 Å². The van der Waals surface area contributed by atoms with E-state index < -0.39 is 0 Å². The predicted octanol–water partition coefficient (Wildman–Crippen LogP) is 1.51. The number of hydrogen-bond acceptors (Lipinski definition) is 3. The van der Waals surface area contributed by atoms with Gasteiger partial charge in [-0.25, -0.2) is 0 Å². The highest BCUT2D eigenvalue weighted by atomic mass is 16.1. The second-order valence-electron chi connectivity index (χ2n) is 5.04. The molecule has 2 rings (SSSR count). The quantitative estimate of drug-likeness (QED) is 0.707. The first kappa shape index (κ1) is 11.6. The Hall–Kier alpha value is -0.830. The molecule has 16 heavy (non-hydrogen) atoms. The van der Waals surface area contributed by atoms with Crippen molar-refractivity contribution in [3.8, 4) is 0 Å². The van der Waals surface area contributed by atoms with Crippen LogP contribution in [0.1, 0.15) is 26.7 Å². The first-order chi connectivity index (χ1) is 7.69. The Labute approximate surface area is 98.1 Å². The van der Waals surface area contributed by atoms with Gasteiger partial charge in [0.1, 0.15) is 0 Å². The number of piperazine rings is 1. The lowest BCUT2D eigenvalue weighted by molar-refractivity contribution is -0.116. The number of carbonyl (C=O) groups excluding carboxylic acids is 1. The molecule has 3 nitrogen and oxygen atoms in total. The van der Waals surface area contributed by atoms with Gasteiger partial charge in [-0.3, -0.25) is 4.79 Å². The van der Waals surface area contributed by atoms with E-state index in [1.807, 2.05) is 6.08 Å².